The van der Waals surface area contributed by atoms with Crippen LogP contribution in [0.4, 0.5) is 0 Å². The summed E-state index contributed by atoms with van der Waals surface area (Å²) >= 11 is 12.0. The maximum atomic E-state index is 12.3. The van der Waals surface area contributed by atoms with Crippen molar-refractivity contribution < 1.29 is 4.79 Å². The highest BCUT2D eigenvalue weighted by Crippen LogP contribution is 2.22. The van der Waals surface area contributed by atoms with E-state index in [1.807, 2.05) is 11.0 Å². The summed E-state index contributed by atoms with van der Waals surface area (Å²) in [6.45, 7) is 9.97. The molecule has 0 bridgehead atoms. The Morgan fingerprint density at radius 1 is 1.14 bits per heavy atom. The van der Waals surface area contributed by atoms with Gasteiger partial charge in [0.05, 0.1) is 0 Å². The van der Waals surface area contributed by atoms with Crippen LogP contribution in [0.1, 0.15) is 33.3 Å². The molecule has 0 aromatic heterocycles. The molecule has 1 amide bonds. The van der Waals surface area contributed by atoms with Crippen LogP contribution < -0.4 is 0 Å². The molecule has 0 atom stereocenters. The van der Waals surface area contributed by atoms with E-state index in [2.05, 4.69) is 27.7 Å². The molecule has 0 spiro atoms. The fourth-order valence-electron chi connectivity index (χ4n) is 2.04. The van der Waals surface area contributed by atoms with Gasteiger partial charge in [0.25, 0.3) is 0 Å². The summed E-state index contributed by atoms with van der Waals surface area (Å²) in [5, 5.41) is 1.13. The van der Waals surface area contributed by atoms with Crippen LogP contribution >= 0.6 is 23.2 Å². The predicted octanol–water partition coefficient (Wildman–Crippen LogP) is 5.15. The van der Waals surface area contributed by atoms with Gasteiger partial charge in [0.1, 0.15) is 0 Å². The Morgan fingerprint density at radius 3 is 2.19 bits per heavy atom. The average molecular weight is 328 g/mol. The first-order chi connectivity index (χ1) is 9.79. The van der Waals surface area contributed by atoms with Gasteiger partial charge >= 0.3 is 0 Å². The maximum absolute atomic E-state index is 12.3. The Kier molecular flexibility index (Phi) is 7.27. The summed E-state index contributed by atoms with van der Waals surface area (Å²) in [5.74, 6) is 0.906. The van der Waals surface area contributed by atoms with E-state index in [0.717, 1.165) is 18.7 Å². The van der Waals surface area contributed by atoms with Gasteiger partial charge in [0, 0.05) is 29.2 Å². The van der Waals surface area contributed by atoms with Gasteiger partial charge in [-0.15, -0.1) is 0 Å². The van der Waals surface area contributed by atoms with Gasteiger partial charge in [-0.3, -0.25) is 4.79 Å². The molecule has 4 heteroatoms. The number of rotatable bonds is 6. The number of carbonyl (C=O) groups is 1. The molecule has 116 valence electrons. The number of benzene rings is 1. The van der Waals surface area contributed by atoms with Crippen molar-refractivity contribution in [1.82, 2.24) is 4.90 Å². The van der Waals surface area contributed by atoms with E-state index in [4.69, 9.17) is 23.2 Å². The minimum atomic E-state index is 0.0171. The van der Waals surface area contributed by atoms with Crippen LogP contribution in [0, 0.1) is 11.8 Å². The maximum Gasteiger partial charge on any atom is 0.246 e. The first kappa shape index (κ1) is 18.1. The topological polar surface area (TPSA) is 20.3 Å². The van der Waals surface area contributed by atoms with Gasteiger partial charge in [0.15, 0.2) is 0 Å². The lowest BCUT2D eigenvalue weighted by molar-refractivity contribution is -0.127. The molecule has 0 radical (unpaired) electrons. The van der Waals surface area contributed by atoms with E-state index >= 15 is 0 Å². The second-order valence-electron chi connectivity index (χ2n) is 6.03. The van der Waals surface area contributed by atoms with Crippen LogP contribution in [0.25, 0.3) is 6.08 Å². The molecule has 0 unspecified atom stereocenters. The summed E-state index contributed by atoms with van der Waals surface area (Å²) in [7, 11) is 0. The number of amides is 1. The van der Waals surface area contributed by atoms with Crippen LogP contribution in [-0.2, 0) is 4.79 Å². The Morgan fingerprint density at radius 2 is 1.71 bits per heavy atom. The lowest BCUT2D eigenvalue weighted by Crippen LogP contribution is -2.35. The lowest BCUT2D eigenvalue weighted by atomic mass is 10.1. The van der Waals surface area contributed by atoms with E-state index in [1.165, 1.54) is 0 Å². The van der Waals surface area contributed by atoms with Gasteiger partial charge in [-0.2, -0.15) is 0 Å². The van der Waals surface area contributed by atoms with Gasteiger partial charge in [-0.25, -0.2) is 0 Å². The van der Waals surface area contributed by atoms with Crippen molar-refractivity contribution in [3.63, 3.8) is 0 Å². The molecule has 1 aromatic carbocycles. The Balaban J connectivity index is 2.81. The zero-order chi connectivity index (χ0) is 16.0. The van der Waals surface area contributed by atoms with Gasteiger partial charge in [-0.05, 0) is 35.6 Å². The quantitative estimate of drug-likeness (QED) is 0.662. The van der Waals surface area contributed by atoms with E-state index in [-0.39, 0.29) is 5.91 Å². The minimum absolute atomic E-state index is 0.0171. The van der Waals surface area contributed by atoms with E-state index in [0.29, 0.717) is 21.9 Å². The van der Waals surface area contributed by atoms with Crippen molar-refractivity contribution in [3.05, 3.63) is 39.9 Å². The summed E-state index contributed by atoms with van der Waals surface area (Å²) < 4.78 is 0. The smallest absolute Gasteiger partial charge is 0.246 e. The molecule has 0 aliphatic heterocycles. The molecule has 1 aromatic rings. The highest BCUT2D eigenvalue weighted by molar-refractivity contribution is 6.35. The van der Waals surface area contributed by atoms with Crippen molar-refractivity contribution in [2.75, 3.05) is 13.1 Å². The Hall–Kier alpha value is -0.990. The highest BCUT2D eigenvalue weighted by Gasteiger charge is 2.13. The first-order valence-electron chi connectivity index (χ1n) is 7.21. The molecule has 1 rings (SSSR count). The average Bonchev–Trinajstić information content (AvgIpc) is 2.35. The van der Waals surface area contributed by atoms with Crippen molar-refractivity contribution >= 4 is 35.2 Å². The third-order valence-electron chi connectivity index (χ3n) is 2.85. The highest BCUT2D eigenvalue weighted by atomic mass is 35.5. The summed E-state index contributed by atoms with van der Waals surface area (Å²) in [5.41, 5.74) is 0.795. The lowest BCUT2D eigenvalue weighted by Gasteiger charge is -2.25. The zero-order valence-corrected chi connectivity index (χ0v) is 14.6. The number of hydrogen-bond donors (Lipinski definition) is 0. The second kappa shape index (κ2) is 8.45. The summed E-state index contributed by atoms with van der Waals surface area (Å²) in [4.78, 5) is 14.2. The van der Waals surface area contributed by atoms with Crippen LogP contribution in [0.15, 0.2) is 24.3 Å². The van der Waals surface area contributed by atoms with Crippen molar-refractivity contribution in [2.24, 2.45) is 11.8 Å². The molecule has 0 fully saturated rings. The van der Waals surface area contributed by atoms with E-state index < -0.39 is 0 Å². The van der Waals surface area contributed by atoms with Gasteiger partial charge < -0.3 is 4.90 Å². The molecule has 0 N–H and O–H groups in total. The van der Waals surface area contributed by atoms with Gasteiger partial charge in [-0.1, -0.05) is 57.0 Å². The Labute approximate surface area is 137 Å². The fraction of sp³-hybridized carbons (Fsp3) is 0.471. The molecule has 0 heterocycles. The minimum Gasteiger partial charge on any atom is -0.339 e. The molecular weight excluding hydrogens is 305 g/mol. The number of carbonyl (C=O) groups excluding carboxylic acids is 1. The largest absolute Gasteiger partial charge is 0.339 e. The third kappa shape index (κ3) is 6.54. The monoisotopic (exact) mass is 327 g/mol. The molecule has 0 aliphatic rings. The second-order valence-corrected chi connectivity index (χ2v) is 6.87. The SMILES string of the molecule is CC(C)CN(CC(C)C)C(=O)/C=C/c1ccc(Cl)cc1Cl. The fourth-order valence-corrected chi connectivity index (χ4v) is 2.51. The molecule has 0 saturated carbocycles. The summed E-state index contributed by atoms with van der Waals surface area (Å²) in [6, 6.07) is 5.24. The van der Waals surface area contributed by atoms with E-state index in [9.17, 15) is 4.79 Å². The van der Waals surface area contributed by atoms with Crippen molar-refractivity contribution in [1.29, 1.82) is 0 Å². The van der Waals surface area contributed by atoms with Crippen LogP contribution in [-0.4, -0.2) is 23.9 Å². The summed E-state index contributed by atoms with van der Waals surface area (Å²) in [6.07, 6.45) is 3.33. The molecule has 0 aliphatic carbocycles. The number of hydrogen-bond acceptors (Lipinski definition) is 1. The predicted molar refractivity (Wildman–Crippen MR) is 91.8 cm³/mol. The van der Waals surface area contributed by atoms with Crippen LogP contribution in [0.3, 0.4) is 0 Å². The molecular formula is C17H23Cl2NO. The van der Waals surface area contributed by atoms with Crippen LogP contribution in [0.2, 0.25) is 10.0 Å². The molecule has 21 heavy (non-hydrogen) atoms. The zero-order valence-electron chi connectivity index (χ0n) is 13.1. The van der Waals surface area contributed by atoms with Crippen molar-refractivity contribution in [2.45, 2.75) is 27.7 Å². The first-order valence-corrected chi connectivity index (χ1v) is 7.97. The number of nitrogens with zero attached hydrogens (tertiary/aromatic N) is 1. The number of halogens is 2. The van der Waals surface area contributed by atoms with Crippen molar-refractivity contribution in [3.8, 4) is 0 Å². The third-order valence-corrected chi connectivity index (χ3v) is 3.41. The van der Waals surface area contributed by atoms with Gasteiger partial charge in [0.2, 0.25) is 5.91 Å². The molecule has 0 saturated heterocycles. The molecule has 2 nitrogen and oxygen atoms in total. The van der Waals surface area contributed by atoms with E-state index in [1.54, 1.807) is 24.3 Å². The Bertz CT molecular complexity index is 500. The van der Waals surface area contributed by atoms with Crippen LogP contribution in [0.5, 0.6) is 0 Å². The standard InChI is InChI=1S/C17H23Cl2NO/c1-12(2)10-20(11-13(3)4)17(21)8-6-14-5-7-15(18)9-16(14)19/h5-9,12-13H,10-11H2,1-4H3/b8-6+. The normalized spacial score (nSPS) is 11.6.